The van der Waals surface area contributed by atoms with Gasteiger partial charge in [-0.25, -0.2) is 22.9 Å². The average Bonchev–Trinajstić information content (AvgIpc) is 3.56. The molecule has 6 aromatic rings. The minimum Gasteiger partial charge on any atom is -0.871 e. The molecular formula is C32H26CoLiN10NaO8S2. The Bertz CT molecular complexity index is 2620. The molecule has 0 aliphatic heterocycles. The van der Waals surface area contributed by atoms with Crippen LogP contribution in [0.2, 0.25) is 0 Å². The zero-order valence-electron chi connectivity index (χ0n) is 29.4. The van der Waals surface area contributed by atoms with Crippen LogP contribution in [0.15, 0.2) is 132 Å². The maximum Gasteiger partial charge on any atom is 2.00 e. The fourth-order valence-electron chi connectivity index (χ4n) is 4.47. The Morgan fingerprint density at radius 2 is 1.22 bits per heavy atom. The molecule has 4 aromatic carbocycles. The summed E-state index contributed by atoms with van der Waals surface area (Å²) < 4.78 is 54.8. The maximum absolute atomic E-state index is 12.5. The maximum atomic E-state index is 12.5. The van der Waals surface area contributed by atoms with Crippen LogP contribution in [0.4, 0.5) is 22.7 Å². The first kappa shape index (κ1) is 46.8. The molecule has 1 radical (unpaired) electrons. The molecular weight excluding hydrogens is 805 g/mol. The van der Waals surface area contributed by atoms with Gasteiger partial charge < -0.3 is 19.9 Å². The molecule has 23 heteroatoms. The van der Waals surface area contributed by atoms with Crippen LogP contribution in [-0.2, 0) is 36.8 Å². The number of nitrogens with two attached hydrogens (primary N) is 1. The van der Waals surface area contributed by atoms with Gasteiger partial charge in [0.15, 0.2) is 5.69 Å². The van der Waals surface area contributed by atoms with Crippen molar-refractivity contribution >= 4 is 42.8 Å². The SMILES string of the molecule is Cc1[nH]n(-c2ccccc2)c(=O)c1N=Nc1cc(S(N)(=O)=O)ccc1[O-].Cc1nn(-c2ccccc2)c([O-])c1N=Nc1cc(S(=N)(=O)[O-])ccc1[O-].[Co+2].[Li+].[Na+]. The summed E-state index contributed by atoms with van der Waals surface area (Å²) in [5.41, 5.74) is 0.884. The number of azo groups is 2. The van der Waals surface area contributed by atoms with Crippen molar-refractivity contribution in [3.8, 4) is 28.8 Å². The number of aromatic amines is 1. The number of hydrogen-bond acceptors (Lipinski definition) is 14. The van der Waals surface area contributed by atoms with Crippen molar-refractivity contribution in [3.63, 3.8) is 0 Å². The van der Waals surface area contributed by atoms with Crippen molar-refractivity contribution in [3.05, 3.63) is 119 Å². The molecule has 0 aliphatic carbocycles. The van der Waals surface area contributed by atoms with Crippen LogP contribution in [0.25, 0.3) is 11.4 Å². The number of aryl methyl sites for hydroxylation is 2. The second-order valence-electron chi connectivity index (χ2n) is 10.8. The quantitative estimate of drug-likeness (QED) is 0.112. The number of aromatic nitrogens is 4. The molecule has 2 heterocycles. The number of hydrogen-bond donors (Lipinski definition) is 3. The number of H-pyrrole nitrogens is 1. The van der Waals surface area contributed by atoms with Gasteiger partial charge in [0.05, 0.1) is 39.0 Å². The van der Waals surface area contributed by atoms with E-state index in [1.807, 2.05) is 6.07 Å². The topological polar surface area (TPSA) is 298 Å². The summed E-state index contributed by atoms with van der Waals surface area (Å²) in [7, 11) is -8.23. The largest absolute Gasteiger partial charge is 2.00 e. The van der Waals surface area contributed by atoms with Crippen LogP contribution in [0.1, 0.15) is 11.4 Å². The van der Waals surface area contributed by atoms with Crippen molar-refractivity contribution in [1.29, 1.82) is 4.78 Å². The molecule has 0 fully saturated rings. The van der Waals surface area contributed by atoms with Gasteiger partial charge in [-0.05, 0) is 62.4 Å². The molecule has 0 spiro atoms. The molecule has 55 heavy (non-hydrogen) atoms. The van der Waals surface area contributed by atoms with Crippen molar-refractivity contribution < 1.29 is 97.7 Å². The fourth-order valence-corrected chi connectivity index (χ4v) is 5.52. The van der Waals surface area contributed by atoms with Gasteiger partial charge >= 0.3 is 65.2 Å². The first-order valence-corrected chi connectivity index (χ1v) is 17.7. The normalized spacial score (nSPS) is 12.1. The van der Waals surface area contributed by atoms with Gasteiger partial charge in [-0.15, -0.1) is 10.2 Å². The van der Waals surface area contributed by atoms with Crippen molar-refractivity contribution in [2.24, 2.45) is 25.6 Å². The molecule has 275 valence electrons. The summed E-state index contributed by atoms with van der Waals surface area (Å²) >= 11 is 0. The molecule has 2 aromatic heterocycles. The van der Waals surface area contributed by atoms with E-state index in [4.69, 9.17) is 9.92 Å². The fraction of sp³-hybridized carbons (Fsp3) is 0.0625. The number of benzene rings is 4. The number of rotatable bonds is 8. The number of primary sulfonamides is 1. The van der Waals surface area contributed by atoms with Crippen molar-refractivity contribution in [2.45, 2.75) is 23.6 Å². The molecule has 1 atom stereocenters. The molecule has 1 unspecified atom stereocenters. The first-order chi connectivity index (χ1) is 24.5. The van der Waals surface area contributed by atoms with Gasteiger partial charge in [0.25, 0.3) is 5.56 Å². The van der Waals surface area contributed by atoms with E-state index < -0.39 is 43.0 Å². The van der Waals surface area contributed by atoms with E-state index in [-0.39, 0.29) is 97.7 Å². The molecule has 6 rings (SSSR count). The minimum absolute atomic E-state index is 0. The minimum atomic E-state index is -4.24. The van der Waals surface area contributed by atoms with Gasteiger partial charge in [-0.1, -0.05) is 60.0 Å². The molecule has 0 aliphatic rings. The van der Waals surface area contributed by atoms with Crippen LogP contribution in [0.3, 0.4) is 0 Å². The van der Waals surface area contributed by atoms with E-state index in [9.17, 15) is 37.3 Å². The van der Waals surface area contributed by atoms with Crippen molar-refractivity contribution in [2.75, 3.05) is 0 Å². The molecule has 18 nitrogen and oxygen atoms in total. The zero-order chi connectivity index (χ0) is 37.8. The van der Waals surface area contributed by atoms with Crippen LogP contribution in [0.5, 0.6) is 17.4 Å². The Labute approximate surface area is 358 Å². The average molecular weight is 832 g/mol. The third-order valence-electron chi connectivity index (χ3n) is 7.06. The smallest absolute Gasteiger partial charge is 0.871 e. The standard InChI is InChI=1S/2C16H15N5O4S.Co.Li.Na/c2*1-10-15(16(23)21(20-10)11-5-3-2-4-6-11)19-18-13-9-12(26(17,24)25)7-8-14(13)22;;;/h2-9,22-23H,1H3,(H2,17,24,25);2-9,20,22H,1H3,(H2,17,24,25);;;/q;;+2;2*+1/p-4. The molecule has 4 N–H and O–H groups in total. The summed E-state index contributed by atoms with van der Waals surface area (Å²) in [4.78, 5) is 11.9. The van der Waals surface area contributed by atoms with Gasteiger partial charge in [-0.3, -0.25) is 18.9 Å². The molecule has 0 saturated heterocycles. The Morgan fingerprint density at radius 3 is 1.73 bits per heavy atom. The third-order valence-corrected chi connectivity index (χ3v) is 8.84. The number of para-hydroxylation sites is 2. The van der Waals surface area contributed by atoms with E-state index in [2.05, 4.69) is 30.7 Å². The number of sulfonamides is 1. The third kappa shape index (κ3) is 11.3. The summed E-state index contributed by atoms with van der Waals surface area (Å²) in [6.07, 6.45) is 0. The number of nitrogens with one attached hydrogen (secondary N) is 2. The van der Waals surface area contributed by atoms with Gasteiger partial charge in [0.1, 0.15) is 5.69 Å². The Balaban J connectivity index is 0.000000360. The Hall–Kier alpha value is -4.38. The van der Waals surface area contributed by atoms with Crippen LogP contribution >= 0.6 is 0 Å². The van der Waals surface area contributed by atoms with E-state index in [0.717, 1.165) is 41.1 Å². The van der Waals surface area contributed by atoms with Crippen molar-refractivity contribution in [1.82, 2.24) is 19.6 Å². The second-order valence-corrected chi connectivity index (χ2v) is 13.8. The van der Waals surface area contributed by atoms with Gasteiger partial charge in [0.2, 0.25) is 10.0 Å². The molecule has 0 bridgehead atoms. The number of nitrogens with zero attached hydrogens (tertiary/aromatic N) is 7. The second kappa shape index (κ2) is 19.5. The van der Waals surface area contributed by atoms with E-state index in [0.29, 0.717) is 22.8 Å². The van der Waals surface area contributed by atoms with E-state index >= 15 is 0 Å². The Kier molecular flexibility index (Phi) is 16.6. The van der Waals surface area contributed by atoms with E-state index in [1.54, 1.807) is 68.4 Å². The van der Waals surface area contributed by atoms with Crippen LogP contribution in [-0.4, -0.2) is 36.7 Å². The zero-order valence-corrected chi connectivity index (χ0v) is 34.0. The van der Waals surface area contributed by atoms with Crippen LogP contribution < -0.4 is 74.4 Å². The monoisotopic (exact) mass is 831 g/mol. The summed E-state index contributed by atoms with van der Waals surface area (Å²) in [5.74, 6) is -1.64. The van der Waals surface area contributed by atoms with E-state index in [1.165, 1.54) is 4.68 Å². The summed E-state index contributed by atoms with van der Waals surface area (Å²) in [6.45, 7) is 3.20. The predicted octanol–water partition coefficient (Wildman–Crippen LogP) is -2.10. The summed E-state index contributed by atoms with van der Waals surface area (Å²) in [6, 6.07) is 23.6. The predicted molar refractivity (Wildman–Crippen MR) is 180 cm³/mol. The molecule has 0 amide bonds. The molecule has 0 saturated carbocycles. The van der Waals surface area contributed by atoms with Gasteiger partial charge in [-0.2, -0.15) is 15.3 Å². The first-order valence-electron chi connectivity index (χ1n) is 14.7. The Morgan fingerprint density at radius 1 is 0.745 bits per heavy atom. The van der Waals surface area contributed by atoms with Crippen LogP contribution in [0, 0.1) is 18.6 Å². The summed E-state index contributed by atoms with van der Waals surface area (Å²) in [5, 5.41) is 63.2. The van der Waals surface area contributed by atoms with Gasteiger partial charge in [0, 0.05) is 20.8 Å².